The molecule has 0 bridgehead atoms. The number of benzene rings is 2. The summed E-state index contributed by atoms with van der Waals surface area (Å²) in [6.07, 6.45) is 3.95. The van der Waals surface area contributed by atoms with Gasteiger partial charge < -0.3 is 9.90 Å². The molecule has 0 atom stereocenters. The molecule has 0 saturated heterocycles. The van der Waals surface area contributed by atoms with Crippen LogP contribution in [0.4, 0.5) is 0 Å². The SMILES string of the molecule is O=C([O-])c1ccc2c(c1)C=Cc1ccccc1S2.[Na+]. The van der Waals surface area contributed by atoms with Crippen molar-refractivity contribution < 1.29 is 39.5 Å². The molecule has 0 unspecified atom stereocenters. The Morgan fingerprint density at radius 2 is 1.63 bits per heavy atom. The van der Waals surface area contributed by atoms with Crippen LogP contribution in [0.25, 0.3) is 12.2 Å². The fourth-order valence-corrected chi connectivity index (χ4v) is 2.93. The molecule has 19 heavy (non-hydrogen) atoms. The number of hydrogen-bond acceptors (Lipinski definition) is 3. The Kier molecular flexibility index (Phi) is 4.53. The Balaban J connectivity index is 0.00000133. The normalized spacial score (nSPS) is 11.8. The van der Waals surface area contributed by atoms with Crippen LogP contribution in [0.5, 0.6) is 0 Å². The standard InChI is InChI=1S/C15H10O2S.Na/c16-15(17)12-7-8-14-11(9-12)6-5-10-3-1-2-4-13(10)18-14;/h1-9H,(H,16,17);/q;+1/p-1. The summed E-state index contributed by atoms with van der Waals surface area (Å²) in [5.74, 6) is -1.14. The van der Waals surface area contributed by atoms with Gasteiger partial charge in [0.15, 0.2) is 0 Å². The zero-order chi connectivity index (χ0) is 12.5. The Morgan fingerprint density at radius 1 is 0.947 bits per heavy atom. The van der Waals surface area contributed by atoms with Gasteiger partial charge in [-0.25, -0.2) is 0 Å². The van der Waals surface area contributed by atoms with Crippen molar-refractivity contribution in [2.24, 2.45) is 0 Å². The molecule has 0 N–H and O–H groups in total. The zero-order valence-corrected chi connectivity index (χ0v) is 13.2. The van der Waals surface area contributed by atoms with E-state index in [0.29, 0.717) is 0 Å². The van der Waals surface area contributed by atoms with E-state index in [2.05, 4.69) is 6.07 Å². The molecule has 0 radical (unpaired) electrons. The molecule has 2 aromatic carbocycles. The number of carbonyl (C=O) groups is 1. The van der Waals surface area contributed by atoms with E-state index < -0.39 is 5.97 Å². The summed E-state index contributed by atoms with van der Waals surface area (Å²) in [5, 5.41) is 10.8. The second kappa shape index (κ2) is 5.97. The van der Waals surface area contributed by atoms with Gasteiger partial charge in [-0.05, 0) is 34.9 Å². The van der Waals surface area contributed by atoms with Crippen molar-refractivity contribution in [2.75, 3.05) is 0 Å². The maximum absolute atomic E-state index is 10.8. The number of carbonyl (C=O) groups excluding carboxylic acids is 1. The van der Waals surface area contributed by atoms with Crippen LogP contribution in [0.2, 0.25) is 0 Å². The number of carboxylic acid groups (broad SMARTS) is 1. The van der Waals surface area contributed by atoms with Crippen molar-refractivity contribution in [3.05, 3.63) is 59.2 Å². The topological polar surface area (TPSA) is 40.1 Å². The van der Waals surface area contributed by atoms with Crippen molar-refractivity contribution in [1.29, 1.82) is 0 Å². The molecular weight excluding hydrogens is 267 g/mol. The van der Waals surface area contributed by atoms with Crippen molar-refractivity contribution in [3.8, 4) is 0 Å². The van der Waals surface area contributed by atoms with Crippen molar-refractivity contribution >= 4 is 29.9 Å². The van der Waals surface area contributed by atoms with E-state index in [4.69, 9.17) is 0 Å². The molecular formula is C15H9NaO2S. The van der Waals surface area contributed by atoms with Gasteiger partial charge in [0.1, 0.15) is 0 Å². The van der Waals surface area contributed by atoms with E-state index in [1.807, 2.05) is 36.4 Å². The molecule has 1 heterocycles. The van der Waals surface area contributed by atoms with Crippen LogP contribution >= 0.6 is 11.8 Å². The number of aromatic carboxylic acids is 1. The van der Waals surface area contributed by atoms with E-state index in [0.717, 1.165) is 16.0 Å². The maximum atomic E-state index is 10.8. The smallest absolute Gasteiger partial charge is 0.545 e. The Bertz CT molecular complexity index is 665. The van der Waals surface area contributed by atoms with Crippen LogP contribution in [0, 0.1) is 0 Å². The molecule has 2 aromatic rings. The van der Waals surface area contributed by atoms with Gasteiger partial charge in [-0.3, -0.25) is 0 Å². The first-order valence-corrected chi connectivity index (χ1v) is 6.36. The van der Waals surface area contributed by atoms with Gasteiger partial charge in [0, 0.05) is 9.79 Å². The van der Waals surface area contributed by atoms with Crippen molar-refractivity contribution in [1.82, 2.24) is 0 Å². The van der Waals surface area contributed by atoms with Gasteiger partial charge in [-0.1, -0.05) is 48.2 Å². The van der Waals surface area contributed by atoms with E-state index in [1.165, 1.54) is 4.90 Å². The minimum atomic E-state index is -1.14. The molecule has 0 fully saturated rings. The van der Waals surface area contributed by atoms with Crippen LogP contribution < -0.4 is 34.7 Å². The molecule has 0 spiro atoms. The Labute approximate surface area is 137 Å². The van der Waals surface area contributed by atoms with Crippen LogP contribution in [0.3, 0.4) is 0 Å². The van der Waals surface area contributed by atoms with Gasteiger partial charge in [-0.15, -0.1) is 0 Å². The summed E-state index contributed by atoms with van der Waals surface area (Å²) < 4.78 is 0. The maximum Gasteiger partial charge on any atom is 1.00 e. The molecule has 1 aliphatic heterocycles. The molecule has 0 aromatic heterocycles. The first-order valence-electron chi connectivity index (χ1n) is 5.54. The monoisotopic (exact) mass is 276 g/mol. The Hall–Kier alpha value is -1.000. The first kappa shape index (κ1) is 14.4. The summed E-state index contributed by atoms with van der Waals surface area (Å²) >= 11 is 1.65. The molecule has 88 valence electrons. The average molecular weight is 276 g/mol. The van der Waals surface area contributed by atoms with Gasteiger partial charge in [0.25, 0.3) is 0 Å². The summed E-state index contributed by atoms with van der Waals surface area (Å²) in [4.78, 5) is 13.1. The van der Waals surface area contributed by atoms with Crippen molar-refractivity contribution in [2.45, 2.75) is 9.79 Å². The number of carboxylic acids is 1. The summed E-state index contributed by atoms with van der Waals surface area (Å²) in [6, 6.07) is 13.2. The predicted octanol–water partition coefficient (Wildman–Crippen LogP) is -0.311. The van der Waals surface area contributed by atoms with E-state index in [-0.39, 0.29) is 35.1 Å². The third-order valence-corrected chi connectivity index (χ3v) is 4.01. The van der Waals surface area contributed by atoms with Crippen LogP contribution in [-0.4, -0.2) is 5.97 Å². The van der Waals surface area contributed by atoms with Crippen LogP contribution in [-0.2, 0) is 0 Å². The molecule has 0 saturated carbocycles. The molecule has 0 amide bonds. The third kappa shape index (κ3) is 2.95. The quantitative estimate of drug-likeness (QED) is 0.572. The Morgan fingerprint density at radius 3 is 2.42 bits per heavy atom. The molecule has 1 aliphatic rings. The fourth-order valence-electron chi connectivity index (χ4n) is 1.91. The largest absolute Gasteiger partial charge is 1.00 e. The van der Waals surface area contributed by atoms with E-state index in [1.54, 1.807) is 23.9 Å². The minimum absolute atomic E-state index is 0. The summed E-state index contributed by atoms with van der Waals surface area (Å²) in [7, 11) is 0. The van der Waals surface area contributed by atoms with Crippen LogP contribution in [0.1, 0.15) is 21.5 Å². The van der Waals surface area contributed by atoms with E-state index in [9.17, 15) is 9.90 Å². The number of fused-ring (bicyclic) bond motifs is 2. The first-order chi connectivity index (χ1) is 8.74. The second-order valence-corrected chi connectivity index (χ2v) is 5.10. The third-order valence-electron chi connectivity index (χ3n) is 2.83. The summed E-state index contributed by atoms with van der Waals surface area (Å²) in [5.41, 5.74) is 2.27. The van der Waals surface area contributed by atoms with Gasteiger partial charge in [0.05, 0.1) is 5.97 Å². The molecule has 2 nitrogen and oxygen atoms in total. The van der Waals surface area contributed by atoms with Crippen molar-refractivity contribution in [3.63, 3.8) is 0 Å². The summed E-state index contributed by atoms with van der Waals surface area (Å²) in [6.45, 7) is 0. The minimum Gasteiger partial charge on any atom is -0.545 e. The van der Waals surface area contributed by atoms with Gasteiger partial charge in [-0.2, -0.15) is 0 Å². The molecule has 4 heteroatoms. The molecule has 3 rings (SSSR count). The fraction of sp³-hybridized carbons (Fsp3) is 0. The van der Waals surface area contributed by atoms with Gasteiger partial charge >= 0.3 is 29.6 Å². The second-order valence-electron chi connectivity index (χ2n) is 4.01. The molecule has 0 aliphatic carbocycles. The average Bonchev–Trinajstić information content (AvgIpc) is 2.56. The number of hydrogen-bond donors (Lipinski definition) is 0. The zero-order valence-electron chi connectivity index (χ0n) is 10.4. The van der Waals surface area contributed by atoms with Crippen LogP contribution in [0.15, 0.2) is 52.3 Å². The number of rotatable bonds is 1. The van der Waals surface area contributed by atoms with Gasteiger partial charge in [0.2, 0.25) is 0 Å². The predicted molar refractivity (Wildman–Crippen MR) is 70.3 cm³/mol. The van der Waals surface area contributed by atoms with E-state index >= 15 is 0 Å².